The molecular formula is C20H34O4. The van der Waals surface area contributed by atoms with Crippen LogP contribution in [-0.2, 0) is 9.59 Å². The quantitative estimate of drug-likeness (QED) is 0.132. The summed E-state index contributed by atoms with van der Waals surface area (Å²) in [4.78, 5) is 23.5. The molecule has 1 unspecified atom stereocenters. The van der Waals surface area contributed by atoms with Gasteiger partial charge in [-0.3, -0.25) is 9.59 Å². The molecule has 0 aromatic carbocycles. The van der Waals surface area contributed by atoms with Crippen LogP contribution in [0.5, 0.6) is 0 Å². The number of hydrogen-bond acceptors (Lipinski definition) is 4. The molecule has 1 atom stereocenters. The zero-order valence-corrected chi connectivity index (χ0v) is 15.7. The Bertz CT molecular complexity index is 447. The van der Waals surface area contributed by atoms with Crippen LogP contribution < -0.4 is 0 Å². The third-order valence-electron chi connectivity index (χ3n) is 4.54. The average molecular weight is 338 g/mol. The Labute approximate surface area is 146 Å². The van der Waals surface area contributed by atoms with Gasteiger partial charge in [0.2, 0.25) is 0 Å². The van der Waals surface area contributed by atoms with Gasteiger partial charge in [-0.15, -0.1) is 0 Å². The van der Waals surface area contributed by atoms with Crippen molar-refractivity contribution in [3.05, 3.63) is 23.3 Å². The lowest BCUT2D eigenvalue weighted by atomic mass is 9.86. The molecule has 0 aliphatic carbocycles. The van der Waals surface area contributed by atoms with Gasteiger partial charge in [-0.2, -0.15) is 0 Å². The summed E-state index contributed by atoms with van der Waals surface area (Å²) in [6, 6.07) is 0. The number of unbranched alkanes of at least 4 members (excludes halogenated alkanes) is 5. The first-order valence-electron chi connectivity index (χ1n) is 9.13. The summed E-state index contributed by atoms with van der Waals surface area (Å²) in [5, 5.41) is 20.4. The Balaban J connectivity index is 4.93. The van der Waals surface area contributed by atoms with Gasteiger partial charge in [0.15, 0.2) is 17.9 Å². The third kappa shape index (κ3) is 8.02. The van der Waals surface area contributed by atoms with Gasteiger partial charge >= 0.3 is 0 Å². The van der Waals surface area contributed by atoms with E-state index in [1.54, 1.807) is 19.9 Å². The van der Waals surface area contributed by atoms with Crippen LogP contribution in [0.15, 0.2) is 23.3 Å². The molecule has 0 heterocycles. The van der Waals surface area contributed by atoms with Gasteiger partial charge in [0.05, 0.1) is 5.57 Å². The number of aldehydes is 1. The Kier molecular flexibility index (Phi) is 11.5. The predicted octanol–water partition coefficient (Wildman–Crippen LogP) is 4.10. The van der Waals surface area contributed by atoms with E-state index in [9.17, 15) is 19.8 Å². The molecule has 0 radical (unpaired) electrons. The maximum Gasteiger partial charge on any atom is 0.188 e. The van der Waals surface area contributed by atoms with Gasteiger partial charge in [0, 0.05) is 12.3 Å². The fourth-order valence-corrected chi connectivity index (χ4v) is 2.55. The monoisotopic (exact) mass is 338 g/mol. The highest BCUT2D eigenvalue weighted by molar-refractivity contribution is 6.17. The number of carbonyl (C=O) groups is 2. The number of aliphatic hydroxyl groups is 2. The molecule has 0 fully saturated rings. The summed E-state index contributed by atoms with van der Waals surface area (Å²) in [5.74, 6) is -2.94. The Hall–Kier alpha value is -1.26. The molecule has 2 N–H and O–H groups in total. The summed E-state index contributed by atoms with van der Waals surface area (Å²) in [5.41, 5.74) is 0.447. The average Bonchev–Trinajstić information content (AvgIpc) is 2.55. The minimum absolute atomic E-state index is 0.0243. The van der Waals surface area contributed by atoms with Gasteiger partial charge < -0.3 is 10.2 Å². The molecule has 0 rings (SSSR count). The lowest BCUT2D eigenvalue weighted by molar-refractivity contribution is -0.192. The molecule has 0 aliphatic heterocycles. The van der Waals surface area contributed by atoms with Crippen LogP contribution >= 0.6 is 0 Å². The van der Waals surface area contributed by atoms with Crippen molar-refractivity contribution in [3.63, 3.8) is 0 Å². The minimum Gasteiger partial charge on any atom is -0.365 e. The highest BCUT2D eigenvalue weighted by Crippen LogP contribution is 2.28. The van der Waals surface area contributed by atoms with Crippen LogP contribution in [0.4, 0.5) is 0 Å². The van der Waals surface area contributed by atoms with Crippen LogP contribution in [-0.4, -0.2) is 28.1 Å². The standard InChI is InChI=1S/C20H34O4/c1-5-7-9-10-11-12-13-19(22)18(15-21)16(3)17(4)20(23,24)14-8-6-2/h12-13,15,17,23-24H,5-11,14H2,1-4H3. The van der Waals surface area contributed by atoms with Crippen LogP contribution in [0, 0.1) is 5.92 Å². The van der Waals surface area contributed by atoms with E-state index in [0.717, 1.165) is 25.7 Å². The highest BCUT2D eigenvalue weighted by atomic mass is 16.5. The fraction of sp³-hybridized carbons (Fsp3) is 0.700. The van der Waals surface area contributed by atoms with Crippen molar-refractivity contribution < 1.29 is 19.8 Å². The molecule has 0 bridgehead atoms. The van der Waals surface area contributed by atoms with Crippen molar-refractivity contribution in [2.75, 3.05) is 0 Å². The Morgan fingerprint density at radius 1 is 1.08 bits per heavy atom. The first-order valence-corrected chi connectivity index (χ1v) is 9.13. The van der Waals surface area contributed by atoms with Crippen LogP contribution in [0.2, 0.25) is 0 Å². The molecular weight excluding hydrogens is 304 g/mol. The predicted molar refractivity (Wildman–Crippen MR) is 97.5 cm³/mol. The highest BCUT2D eigenvalue weighted by Gasteiger charge is 2.33. The van der Waals surface area contributed by atoms with E-state index < -0.39 is 11.7 Å². The van der Waals surface area contributed by atoms with E-state index in [0.29, 0.717) is 18.3 Å². The van der Waals surface area contributed by atoms with Crippen molar-refractivity contribution >= 4 is 12.1 Å². The normalized spacial score (nSPS) is 14.6. The maximum absolute atomic E-state index is 12.2. The molecule has 0 amide bonds. The van der Waals surface area contributed by atoms with Crippen LogP contribution in [0.25, 0.3) is 0 Å². The number of rotatable bonds is 13. The smallest absolute Gasteiger partial charge is 0.188 e. The molecule has 4 heteroatoms. The van der Waals surface area contributed by atoms with Crippen molar-refractivity contribution in [3.8, 4) is 0 Å². The van der Waals surface area contributed by atoms with Gasteiger partial charge in [-0.1, -0.05) is 58.1 Å². The Morgan fingerprint density at radius 3 is 2.25 bits per heavy atom. The summed E-state index contributed by atoms with van der Waals surface area (Å²) in [6.07, 6.45) is 10.8. The van der Waals surface area contributed by atoms with E-state index in [-0.39, 0.29) is 17.8 Å². The van der Waals surface area contributed by atoms with Crippen molar-refractivity contribution in [1.82, 2.24) is 0 Å². The Morgan fingerprint density at radius 2 is 1.71 bits per heavy atom. The summed E-state index contributed by atoms with van der Waals surface area (Å²) < 4.78 is 0. The lowest BCUT2D eigenvalue weighted by Crippen LogP contribution is -2.37. The topological polar surface area (TPSA) is 74.6 Å². The van der Waals surface area contributed by atoms with Crippen molar-refractivity contribution in [2.24, 2.45) is 5.92 Å². The molecule has 0 aromatic rings. The number of hydrogen-bond donors (Lipinski definition) is 2. The molecule has 0 saturated carbocycles. The second-order valence-corrected chi connectivity index (χ2v) is 6.53. The molecule has 138 valence electrons. The van der Waals surface area contributed by atoms with E-state index in [2.05, 4.69) is 6.92 Å². The minimum atomic E-state index is -1.90. The number of allylic oxidation sites excluding steroid dienone is 3. The van der Waals surface area contributed by atoms with E-state index in [4.69, 9.17) is 0 Å². The second-order valence-electron chi connectivity index (χ2n) is 6.53. The first kappa shape index (κ1) is 22.7. The van der Waals surface area contributed by atoms with Crippen molar-refractivity contribution in [2.45, 2.75) is 84.8 Å². The van der Waals surface area contributed by atoms with Gasteiger partial charge in [0.1, 0.15) is 0 Å². The molecule has 0 saturated heterocycles. The number of ketones is 1. The van der Waals surface area contributed by atoms with Gasteiger partial charge in [-0.05, 0) is 32.3 Å². The second kappa shape index (κ2) is 12.2. The van der Waals surface area contributed by atoms with Gasteiger partial charge in [-0.25, -0.2) is 0 Å². The molecule has 4 nitrogen and oxygen atoms in total. The third-order valence-corrected chi connectivity index (χ3v) is 4.54. The van der Waals surface area contributed by atoms with Crippen LogP contribution in [0.1, 0.15) is 79.1 Å². The largest absolute Gasteiger partial charge is 0.365 e. The van der Waals surface area contributed by atoms with Crippen LogP contribution in [0.3, 0.4) is 0 Å². The zero-order valence-electron chi connectivity index (χ0n) is 15.7. The molecule has 0 aliphatic rings. The van der Waals surface area contributed by atoms with Crippen molar-refractivity contribution in [1.29, 1.82) is 0 Å². The molecule has 0 aromatic heterocycles. The summed E-state index contributed by atoms with van der Waals surface area (Å²) >= 11 is 0. The SMILES string of the molecule is CCCCCCC=CC(=O)C(C=O)=C(C)C(C)C(O)(O)CCCC. The summed E-state index contributed by atoms with van der Waals surface area (Å²) in [7, 11) is 0. The molecule has 0 spiro atoms. The summed E-state index contributed by atoms with van der Waals surface area (Å²) in [6.45, 7) is 7.37. The maximum atomic E-state index is 12.2. The zero-order chi connectivity index (χ0) is 18.6. The molecule has 24 heavy (non-hydrogen) atoms. The first-order chi connectivity index (χ1) is 11.3. The van der Waals surface area contributed by atoms with E-state index in [1.807, 2.05) is 6.92 Å². The van der Waals surface area contributed by atoms with E-state index >= 15 is 0 Å². The van der Waals surface area contributed by atoms with E-state index in [1.165, 1.54) is 18.9 Å². The number of carbonyl (C=O) groups excluding carboxylic acids is 2. The van der Waals surface area contributed by atoms with Gasteiger partial charge in [0.25, 0.3) is 0 Å². The fourth-order valence-electron chi connectivity index (χ4n) is 2.55. The lowest BCUT2D eigenvalue weighted by Gasteiger charge is -2.30.